The number of sulfonamides is 1. The predicted octanol–water partition coefficient (Wildman–Crippen LogP) is 1.75. The zero-order valence-corrected chi connectivity index (χ0v) is 13.0. The second-order valence-electron chi connectivity index (χ2n) is 4.50. The van der Waals surface area contributed by atoms with E-state index >= 15 is 0 Å². The van der Waals surface area contributed by atoms with Gasteiger partial charge >= 0.3 is 0 Å². The van der Waals surface area contributed by atoms with Gasteiger partial charge in [0.15, 0.2) is 0 Å². The standard InChI is InChI=1S/C12H14ClN3O2S.ClH/c13-11-7-9(8-14)1-2-12(11)19(17,18)16-5-3-10(15)4-6-16;/h1-2,7,10H,3-6,15H2;1H. The molecular weight excluding hydrogens is 321 g/mol. The Morgan fingerprint density at radius 2 is 1.95 bits per heavy atom. The van der Waals surface area contributed by atoms with Crippen molar-refractivity contribution in [3.63, 3.8) is 0 Å². The van der Waals surface area contributed by atoms with E-state index in [-0.39, 0.29) is 28.4 Å². The Morgan fingerprint density at radius 3 is 2.45 bits per heavy atom. The molecule has 1 aromatic rings. The van der Waals surface area contributed by atoms with Crippen LogP contribution in [-0.4, -0.2) is 31.9 Å². The highest BCUT2D eigenvalue weighted by molar-refractivity contribution is 7.89. The molecule has 8 heteroatoms. The van der Waals surface area contributed by atoms with Crippen molar-refractivity contribution in [2.24, 2.45) is 5.73 Å². The summed E-state index contributed by atoms with van der Waals surface area (Å²) < 4.78 is 26.3. The van der Waals surface area contributed by atoms with Crippen molar-refractivity contribution in [2.45, 2.75) is 23.8 Å². The normalized spacial score (nSPS) is 17.2. The van der Waals surface area contributed by atoms with E-state index in [1.807, 2.05) is 6.07 Å². The molecule has 1 aliphatic heterocycles. The molecule has 0 amide bonds. The lowest BCUT2D eigenvalue weighted by atomic mass is 10.1. The van der Waals surface area contributed by atoms with Crippen LogP contribution in [0.4, 0.5) is 0 Å². The molecule has 1 heterocycles. The van der Waals surface area contributed by atoms with E-state index in [1.54, 1.807) is 0 Å². The molecular formula is C12H15Cl2N3O2S. The molecule has 0 unspecified atom stereocenters. The number of nitrogens with two attached hydrogens (primary N) is 1. The van der Waals surface area contributed by atoms with Gasteiger partial charge in [-0.25, -0.2) is 8.42 Å². The van der Waals surface area contributed by atoms with Gasteiger partial charge in [-0.05, 0) is 31.0 Å². The molecule has 2 N–H and O–H groups in total. The van der Waals surface area contributed by atoms with E-state index in [0.29, 0.717) is 31.5 Å². The third-order valence-corrected chi connectivity index (χ3v) is 5.56. The summed E-state index contributed by atoms with van der Waals surface area (Å²) in [6.07, 6.45) is 1.29. The highest BCUT2D eigenvalue weighted by Crippen LogP contribution is 2.27. The van der Waals surface area contributed by atoms with Gasteiger partial charge in [0.05, 0.1) is 16.7 Å². The lowest BCUT2D eigenvalue weighted by Gasteiger charge is -2.29. The molecule has 1 aromatic carbocycles. The summed E-state index contributed by atoms with van der Waals surface area (Å²) in [5.41, 5.74) is 6.10. The zero-order valence-electron chi connectivity index (χ0n) is 10.6. The van der Waals surface area contributed by atoms with E-state index in [1.165, 1.54) is 22.5 Å². The Kier molecular flexibility index (Phi) is 5.80. The first-order valence-electron chi connectivity index (χ1n) is 5.90. The maximum absolute atomic E-state index is 12.4. The van der Waals surface area contributed by atoms with Gasteiger partial charge in [0, 0.05) is 19.1 Å². The highest BCUT2D eigenvalue weighted by Gasteiger charge is 2.29. The van der Waals surface area contributed by atoms with Gasteiger partial charge in [-0.3, -0.25) is 0 Å². The van der Waals surface area contributed by atoms with E-state index in [9.17, 15) is 8.42 Å². The topological polar surface area (TPSA) is 87.2 Å². The molecule has 1 saturated heterocycles. The monoisotopic (exact) mass is 335 g/mol. The summed E-state index contributed by atoms with van der Waals surface area (Å²) in [7, 11) is -3.60. The van der Waals surface area contributed by atoms with E-state index in [4.69, 9.17) is 22.6 Å². The summed E-state index contributed by atoms with van der Waals surface area (Å²) >= 11 is 5.96. The molecule has 0 aromatic heterocycles. The lowest BCUT2D eigenvalue weighted by Crippen LogP contribution is -2.42. The van der Waals surface area contributed by atoms with Crippen LogP contribution < -0.4 is 5.73 Å². The van der Waals surface area contributed by atoms with Gasteiger partial charge in [0.2, 0.25) is 10.0 Å². The predicted molar refractivity (Wildman–Crippen MR) is 79.4 cm³/mol. The first kappa shape index (κ1) is 17.2. The second kappa shape index (κ2) is 6.74. The fourth-order valence-electron chi connectivity index (χ4n) is 2.03. The van der Waals surface area contributed by atoms with Crippen LogP contribution in [0.2, 0.25) is 5.02 Å². The van der Waals surface area contributed by atoms with Crippen LogP contribution in [-0.2, 0) is 10.0 Å². The Morgan fingerprint density at radius 1 is 1.35 bits per heavy atom. The van der Waals surface area contributed by atoms with Gasteiger partial charge < -0.3 is 5.73 Å². The highest BCUT2D eigenvalue weighted by atomic mass is 35.5. The van der Waals surface area contributed by atoms with Gasteiger partial charge in [0.1, 0.15) is 4.90 Å². The van der Waals surface area contributed by atoms with Gasteiger partial charge in [-0.2, -0.15) is 9.57 Å². The summed E-state index contributed by atoms with van der Waals surface area (Å²) in [5, 5.41) is 8.83. The number of piperidine rings is 1. The molecule has 110 valence electrons. The first-order chi connectivity index (χ1) is 8.95. The molecule has 0 bridgehead atoms. The summed E-state index contributed by atoms with van der Waals surface area (Å²) in [6, 6.07) is 6.18. The quantitative estimate of drug-likeness (QED) is 0.891. The van der Waals surface area contributed by atoms with Crippen molar-refractivity contribution in [1.82, 2.24) is 4.31 Å². The lowest BCUT2D eigenvalue weighted by molar-refractivity contribution is 0.320. The summed E-state index contributed by atoms with van der Waals surface area (Å²) in [5.74, 6) is 0. The first-order valence-corrected chi connectivity index (χ1v) is 7.72. The molecule has 0 aliphatic carbocycles. The van der Waals surface area contributed by atoms with E-state index in [0.717, 1.165) is 0 Å². The molecule has 2 rings (SSSR count). The minimum absolute atomic E-state index is 0. The van der Waals surface area contributed by atoms with Crippen molar-refractivity contribution in [1.29, 1.82) is 5.26 Å². The maximum atomic E-state index is 12.4. The summed E-state index contributed by atoms with van der Waals surface area (Å²) in [4.78, 5) is 0.0450. The van der Waals surface area contributed by atoms with Gasteiger partial charge in [-0.15, -0.1) is 12.4 Å². The van der Waals surface area contributed by atoms with Crippen LogP contribution in [0.15, 0.2) is 23.1 Å². The number of nitriles is 1. The Hall–Kier alpha value is -0.840. The van der Waals surface area contributed by atoms with Crippen molar-refractivity contribution in [3.05, 3.63) is 28.8 Å². The smallest absolute Gasteiger partial charge is 0.244 e. The molecule has 20 heavy (non-hydrogen) atoms. The molecule has 0 saturated carbocycles. The Labute approximate surface area is 129 Å². The number of rotatable bonds is 2. The largest absolute Gasteiger partial charge is 0.328 e. The fraction of sp³-hybridized carbons (Fsp3) is 0.417. The van der Waals surface area contributed by atoms with Gasteiger partial charge in [0.25, 0.3) is 0 Å². The van der Waals surface area contributed by atoms with Crippen molar-refractivity contribution < 1.29 is 8.42 Å². The van der Waals surface area contributed by atoms with Gasteiger partial charge in [-0.1, -0.05) is 11.6 Å². The molecule has 0 radical (unpaired) electrons. The maximum Gasteiger partial charge on any atom is 0.244 e. The van der Waals surface area contributed by atoms with Crippen LogP contribution in [0, 0.1) is 11.3 Å². The van der Waals surface area contributed by atoms with Crippen molar-refractivity contribution >= 4 is 34.0 Å². The minimum Gasteiger partial charge on any atom is -0.328 e. The Bertz CT molecular complexity index is 620. The molecule has 0 atom stereocenters. The molecule has 1 aliphatic rings. The number of halogens is 2. The zero-order chi connectivity index (χ0) is 14.0. The van der Waals surface area contributed by atoms with Crippen LogP contribution in [0.3, 0.4) is 0 Å². The van der Waals surface area contributed by atoms with Crippen LogP contribution >= 0.6 is 24.0 Å². The second-order valence-corrected chi connectivity index (χ2v) is 6.81. The third-order valence-electron chi connectivity index (χ3n) is 3.18. The van der Waals surface area contributed by atoms with Crippen LogP contribution in [0.25, 0.3) is 0 Å². The van der Waals surface area contributed by atoms with Crippen LogP contribution in [0.1, 0.15) is 18.4 Å². The van der Waals surface area contributed by atoms with E-state index < -0.39 is 10.0 Å². The van der Waals surface area contributed by atoms with E-state index in [2.05, 4.69) is 0 Å². The SMILES string of the molecule is Cl.N#Cc1ccc(S(=O)(=O)N2CCC(N)CC2)c(Cl)c1. The number of nitrogens with zero attached hydrogens (tertiary/aromatic N) is 2. The Balaban J connectivity index is 0.00000200. The molecule has 5 nitrogen and oxygen atoms in total. The number of hydrogen-bond donors (Lipinski definition) is 1. The molecule has 0 spiro atoms. The van der Waals surface area contributed by atoms with Crippen molar-refractivity contribution in [3.8, 4) is 6.07 Å². The van der Waals surface area contributed by atoms with Crippen LogP contribution in [0.5, 0.6) is 0 Å². The number of benzene rings is 1. The fourth-order valence-corrected chi connectivity index (χ4v) is 4.02. The average molecular weight is 336 g/mol. The average Bonchev–Trinajstić information content (AvgIpc) is 2.38. The van der Waals surface area contributed by atoms with Crippen molar-refractivity contribution in [2.75, 3.05) is 13.1 Å². The molecule has 1 fully saturated rings. The minimum atomic E-state index is -3.60. The third kappa shape index (κ3) is 3.43. The summed E-state index contributed by atoms with van der Waals surface area (Å²) in [6.45, 7) is 0.805. The number of hydrogen-bond acceptors (Lipinski definition) is 4.